The molecule has 0 N–H and O–H groups in total. The van der Waals surface area contributed by atoms with Crippen LogP contribution in [-0.4, -0.2) is 0 Å². The van der Waals surface area contributed by atoms with Crippen LogP contribution in [0.15, 0.2) is 0 Å². The van der Waals surface area contributed by atoms with E-state index in [-0.39, 0.29) is 46.5 Å². The smallest absolute Gasteiger partial charge is 1.00 e. The molecule has 68 valence electrons. The van der Waals surface area contributed by atoms with Crippen molar-refractivity contribution in [3.8, 4) is 0 Å². The minimum atomic E-state index is 0. The van der Waals surface area contributed by atoms with E-state index in [2.05, 4.69) is 27.7 Å². The van der Waals surface area contributed by atoms with Crippen molar-refractivity contribution in [3.05, 3.63) is 13.8 Å². The molecule has 0 radical (unpaired) electrons. The van der Waals surface area contributed by atoms with Crippen molar-refractivity contribution >= 4 is 0 Å². The molecule has 0 aromatic heterocycles. The average molecular weight is 233 g/mol. The monoisotopic (exact) mass is 232 g/mol. The Hall–Kier alpha value is 1.29. The van der Waals surface area contributed by atoms with E-state index in [1.807, 2.05) is 0 Å². The van der Waals surface area contributed by atoms with Crippen molar-refractivity contribution < 1.29 is 46.5 Å². The van der Waals surface area contributed by atoms with Crippen molar-refractivity contribution in [1.82, 2.24) is 0 Å². The SMILES string of the molecule is [CH2-]CCC.[CH2-]CCC.[Cl-].[Cl-].[Ti+4]. The molecule has 0 aliphatic rings. The van der Waals surface area contributed by atoms with Gasteiger partial charge in [-0.3, -0.25) is 0 Å². The van der Waals surface area contributed by atoms with Gasteiger partial charge in [-0.05, 0) is 0 Å². The summed E-state index contributed by atoms with van der Waals surface area (Å²) in [5, 5.41) is 0. The van der Waals surface area contributed by atoms with Gasteiger partial charge in [-0.2, -0.15) is 12.8 Å². The predicted molar refractivity (Wildman–Crippen MR) is 40.5 cm³/mol. The summed E-state index contributed by atoms with van der Waals surface area (Å²) in [6.45, 7) is 11.4. The zero-order chi connectivity index (χ0) is 6.83. The van der Waals surface area contributed by atoms with Gasteiger partial charge in [0, 0.05) is 0 Å². The quantitative estimate of drug-likeness (QED) is 0.358. The van der Waals surface area contributed by atoms with Crippen LogP contribution >= 0.6 is 0 Å². The molecule has 0 spiro atoms. The number of hydrogen-bond donors (Lipinski definition) is 0. The van der Waals surface area contributed by atoms with E-state index >= 15 is 0 Å². The molecule has 0 rings (SSSR count). The molecule has 0 nitrogen and oxygen atoms in total. The molecule has 0 fully saturated rings. The van der Waals surface area contributed by atoms with E-state index in [9.17, 15) is 0 Å². The molecule has 0 saturated carbocycles. The van der Waals surface area contributed by atoms with Gasteiger partial charge < -0.3 is 38.7 Å². The Labute approximate surface area is 99.6 Å². The van der Waals surface area contributed by atoms with E-state index < -0.39 is 0 Å². The second kappa shape index (κ2) is 42.7. The molecule has 0 atom stereocenters. The average Bonchev–Trinajstić information content (AvgIpc) is 1.88. The summed E-state index contributed by atoms with van der Waals surface area (Å²) in [5.41, 5.74) is 0. The largest absolute Gasteiger partial charge is 4.00 e. The summed E-state index contributed by atoms with van der Waals surface area (Å²) in [6.07, 6.45) is 4.56. The fourth-order valence-electron chi connectivity index (χ4n) is 0. The van der Waals surface area contributed by atoms with E-state index in [1.54, 1.807) is 0 Å². The summed E-state index contributed by atoms with van der Waals surface area (Å²) in [4.78, 5) is 0. The van der Waals surface area contributed by atoms with Crippen LogP contribution in [-0.2, 0) is 21.7 Å². The zero-order valence-corrected chi connectivity index (χ0v) is 10.6. The molecule has 0 aromatic carbocycles. The fourth-order valence-corrected chi connectivity index (χ4v) is 0. The molecule has 0 amide bonds. The van der Waals surface area contributed by atoms with Crippen molar-refractivity contribution in [2.24, 2.45) is 0 Å². The molecule has 0 heterocycles. The Balaban J connectivity index is -0.0000000171. The number of hydrogen-bond acceptors (Lipinski definition) is 0. The molecule has 11 heavy (non-hydrogen) atoms. The Morgan fingerprint density at radius 2 is 0.909 bits per heavy atom. The van der Waals surface area contributed by atoms with Gasteiger partial charge in [0.1, 0.15) is 0 Å². The third-order valence-corrected chi connectivity index (χ3v) is 0.707. The van der Waals surface area contributed by atoms with Gasteiger partial charge in [0.2, 0.25) is 0 Å². The molecule has 0 aliphatic carbocycles. The van der Waals surface area contributed by atoms with Crippen LogP contribution in [0.2, 0.25) is 0 Å². The summed E-state index contributed by atoms with van der Waals surface area (Å²) in [7, 11) is 0. The van der Waals surface area contributed by atoms with Crippen LogP contribution in [0.5, 0.6) is 0 Å². The van der Waals surface area contributed by atoms with Gasteiger partial charge in [-0.15, -0.1) is 0 Å². The summed E-state index contributed by atoms with van der Waals surface area (Å²) in [5.74, 6) is 0. The van der Waals surface area contributed by atoms with Crippen molar-refractivity contribution in [2.75, 3.05) is 0 Å². The van der Waals surface area contributed by atoms with E-state index in [1.165, 1.54) is 12.8 Å². The summed E-state index contributed by atoms with van der Waals surface area (Å²) in [6, 6.07) is 0. The molecular weight excluding hydrogens is 215 g/mol. The predicted octanol–water partition coefficient (Wildman–Crippen LogP) is -2.75. The molecule has 0 aromatic rings. The number of unbranched alkanes of at least 4 members (excludes halogenated alkanes) is 2. The first-order valence-electron chi connectivity index (χ1n) is 3.41. The van der Waals surface area contributed by atoms with Crippen LogP contribution in [0, 0.1) is 13.8 Å². The normalized spacial score (nSPS) is 5.45. The zero-order valence-electron chi connectivity index (χ0n) is 7.50. The summed E-state index contributed by atoms with van der Waals surface area (Å²) < 4.78 is 0. The Bertz CT molecular complexity index is 20.1. The van der Waals surface area contributed by atoms with Crippen LogP contribution < -0.4 is 24.8 Å². The van der Waals surface area contributed by atoms with Crippen LogP contribution in [0.1, 0.15) is 39.5 Å². The maximum atomic E-state index is 3.60. The first-order valence-corrected chi connectivity index (χ1v) is 3.41. The van der Waals surface area contributed by atoms with Crippen molar-refractivity contribution in [1.29, 1.82) is 0 Å². The number of rotatable bonds is 2. The first-order chi connectivity index (χ1) is 3.83. The maximum Gasteiger partial charge on any atom is 4.00 e. The minimum Gasteiger partial charge on any atom is -1.00 e. The molecule has 0 bridgehead atoms. The standard InChI is InChI=1S/2C4H9.2ClH.Ti/c2*1-3-4-2;;;/h2*1,3-4H2,2H3;2*1H;/q2*-1;;;+4/p-2. The van der Waals surface area contributed by atoms with E-state index in [4.69, 9.17) is 0 Å². The van der Waals surface area contributed by atoms with Gasteiger partial charge in [0.15, 0.2) is 0 Å². The summed E-state index contributed by atoms with van der Waals surface area (Å²) >= 11 is 0. The van der Waals surface area contributed by atoms with Crippen molar-refractivity contribution in [2.45, 2.75) is 39.5 Å². The minimum absolute atomic E-state index is 0. The van der Waals surface area contributed by atoms with Gasteiger partial charge in [0.25, 0.3) is 0 Å². The molecular formula is C8H18Cl2Ti. The molecule has 0 unspecified atom stereocenters. The second-order valence-corrected chi connectivity index (χ2v) is 1.71. The third-order valence-electron chi connectivity index (χ3n) is 0.707. The van der Waals surface area contributed by atoms with Crippen LogP contribution in [0.25, 0.3) is 0 Å². The molecule has 3 heteroatoms. The van der Waals surface area contributed by atoms with Gasteiger partial charge in [0.05, 0.1) is 0 Å². The van der Waals surface area contributed by atoms with Gasteiger partial charge in [-0.25, -0.2) is 0 Å². The van der Waals surface area contributed by atoms with Gasteiger partial charge in [-0.1, -0.05) is 26.7 Å². The van der Waals surface area contributed by atoms with E-state index in [0.29, 0.717) is 0 Å². The number of halogens is 2. The second-order valence-electron chi connectivity index (χ2n) is 1.71. The van der Waals surface area contributed by atoms with Gasteiger partial charge >= 0.3 is 21.7 Å². The van der Waals surface area contributed by atoms with Crippen LogP contribution in [0.3, 0.4) is 0 Å². The topological polar surface area (TPSA) is 0 Å². The molecule has 0 saturated heterocycles. The Morgan fingerprint density at radius 3 is 0.909 bits per heavy atom. The Morgan fingerprint density at radius 1 is 0.818 bits per heavy atom. The van der Waals surface area contributed by atoms with Crippen LogP contribution in [0.4, 0.5) is 0 Å². The first kappa shape index (κ1) is 29.5. The maximum absolute atomic E-state index is 3.60. The fraction of sp³-hybridized carbons (Fsp3) is 0.750. The van der Waals surface area contributed by atoms with Crippen molar-refractivity contribution in [3.63, 3.8) is 0 Å². The van der Waals surface area contributed by atoms with E-state index in [0.717, 1.165) is 12.8 Å². The molecule has 0 aliphatic heterocycles. The Kier molecular flexibility index (Phi) is 114. The third kappa shape index (κ3) is 89.9.